The summed E-state index contributed by atoms with van der Waals surface area (Å²) in [5.41, 5.74) is 0. The maximum atomic E-state index is 12.0. The number of piperidine rings is 1. The highest BCUT2D eigenvalue weighted by Gasteiger charge is 2.22. The zero-order valence-electron chi connectivity index (χ0n) is 11.2. The molecule has 1 heterocycles. The minimum Gasteiger partial charge on any atom is -0.381 e. The van der Waals surface area contributed by atoms with E-state index in [0.29, 0.717) is 12.0 Å². The Balaban J connectivity index is 1.67. The molecule has 1 atom stereocenters. The van der Waals surface area contributed by atoms with Crippen molar-refractivity contribution in [3.8, 4) is 0 Å². The van der Waals surface area contributed by atoms with Crippen LogP contribution in [0.25, 0.3) is 0 Å². The summed E-state index contributed by atoms with van der Waals surface area (Å²) in [4.78, 5) is 13.9. The van der Waals surface area contributed by atoms with Gasteiger partial charge in [-0.3, -0.25) is 0 Å². The van der Waals surface area contributed by atoms with Gasteiger partial charge in [-0.2, -0.15) is 0 Å². The van der Waals surface area contributed by atoms with Gasteiger partial charge in [0.1, 0.15) is 0 Å². The predicted molar refractivity (Wildman–Crippen MR) is 71.5 cm³/mol. The number of amides is 2. The lowest BCUT2D eigenvalue weighted by molar-refractivity contribution is 0.0502. The molecule has 4 heteroatoms. The molecule has 1 N–H and O–H groups in total. The summed E-state index contributed by atoms with van der Waals surface area (Å²) < 4.78 is 5.31. The molecule has 1 fully saturated rings. The zero-order valence-corrected chi connectivity index (χ0v) is 11.2. The molecule has 1 aliphatic carbocycles. The van der Waals surface area contributed by atoms with Crippen molar-refractivity contribution < 1.29 is 9.53 Å². The molecule has 1 aliphatic heterocycles. The number of hydrogen-bond donors (Lipinski definition) is 1. The van der Waals surface area contributed by atoms with Gasteiger partial charge in [-0.1, -0.05) is 12.2 Å². The molecule has 0 radical (unpaired) electrons. The van der Waals surface area contributed by atoms with Crippen molar-refractivity contribution in [2.75, 3.05) is 26.7 Å². The molecule has 0 aromatic carbocycles. The van der Waals surface area contributed by atoms with Crippen LogP contribution in [-0.4, -0.2) is 43.8 Å². The Morgan fingerprint density at radius 3 is 2.72 bits per heavy atom. The minimum atomic E-state index is 0.0964. The monoisotopic (exact) mass is 252 g/mol. The maximum absolute atomic E-state index is 12.0. The third-order valence-electron chi connectivity index (χ3n) is 3.98. The molecule has 2 amide bonds. The second-order valence-corrected chi connectivity index (χ2v) is 5.26. The molecule has 0 aromatic heterocycles. The van der Waals surface area contributed by atoms with Crippen molar-refractivity contribution in [2.24, 2.45) is 5.92 Å². The quantitative estimate of drug-likeness (QED) is 0.782. The number of urea groups is 1. The number of ether oxygens (including phenoxy) is 1. The van der Waals surface area contributed by atoms with Crippen molar-refractivity contribution in [3.63, 3.8) is 0 Å². The fourth-order valence-electron chi connectivity index (χ4n) is 2.68. The van der Waals surface area contributed by atoms with Gasteiger partial charge < -0.3 is 15.0 Å². The van der Waals surface area contributed by atoms with E-state index in [4.69, 9.17) is 4.74 Å². The molecule has 0 saturated carbocycles. The van der Waals surface area contributed by atoms with Crippen LogP contribution in [-0.2, 0) is 4.74 Å². The highest BCUT2D eigenvalue weighted by molar-refractivity contribution is 5.74. The highest BCUT2D eigenvalue weighted by atomic mass is 16.5. The van der Waals surface area contributed by atoms with Gasteiger partial charge in [0.05, 0.1) is 6.10 Å². The lowest BCUT2D eigenvalue weighted by Gasteiger charge is -2.31. The first-order valence-corrected chi connectivity index (χ1v) is 7.00. The van der Waals surface area contributed by atoms with Crippen molar-refractivity contribution in [1.29, 1.82) is 0 Å². The molecule has 2 rings (SSSR count). The molecule has 0 spiro atoms. The van der Waals surface area contributed by atoms with Crippen LogP contribution >= 0.6 is 0 Å². The Morgan fingerprint density at radius 1 is 1.33 bits per heavy atom. The first-order chi connectivity index (χ1) is 8.79. The van der Waals surface area contributed by atoms with Crippen LogP contribution in [0.4, 0.5) is 4.79 Å². The van der Waals surface area contributed by atoms with Crippen LogP contribution in [0.1, 0.15) is 32.1 Å². The number of methoxy groups -OCH3 is 1. The molecule has 1 unspecified atom stereocenters. The van der Waals surface area contributed by atoms with Crippen molar-refractivity contribution >= 4 is 6.03 Å². The fraction of sp³-hybridized carbons (Fsp3) is 0.786. The van der Waals surface area contributed by atoms with Crippen LogP contribution in [0.15, 0.2) is 12.2 Å². The van der Waals surface area contributed by atoms with Gasteiger partial charge in [-0.15, -0.1) is 0 Å². The maximum Gasteiger partial charge on any atom is 0.317 e. The lowest BCUT2D eigenvalue weighted by atomic mass is 9.94. The van der Waals surface area contributed by atoms with Crippen molar-refractivity contribution in [2.45, 2.75) is 38.2 Å². The molecular formula is C14H24N2O2. The van der Waals surface area contributed by atoms with Gasteiger partial charge >= 0.3 is 6.03 Å². The Bertz CT molecular complexity index is 296. The summed E-state index contributed by atoms with van der Waals surface area (Å²) in [6, 6.07) is 0.0964. The van der Waals surface area contributed by atoms with Crippen molar-refractivity contribution in [1.82, 2.24) is 10.2 Å². The summed E-state index contributed by atoms with van der Waals surface area (Å²) in [5.74, 6) is 0.621. The molecule has 0 aromatic rings. The van der Waals surface area contributed by atoms with E-state index in [9.17, 15) is 4.79 Å². The normalized spacial score (nSPS) is 25.2. The summed E-state index contributed by atoms with van der Waals surface area (Å²) in [6.45, 7) is 2.44. The summed E-state index contributed by atoms with van der Waals surface area (Å²) >= 11 is 0. The molecule has 18 heavy (non-hydrogen) atoms. The third-order valence-corrected chi connectivity index (χ3v) is 3.98. The Labute approximate surface area is 109 Å². The second kappa shape index (κ2) is 6.78. The SMILES string of the molecule is COC1CCN(C(=O)NCC2CC=CCC2)CC1. The predicted octanol–water partition coefficient (Wildman–Crippen LogP) is 2.16. The molecule has 1 saturated heterocycles. The number of likely N-dealkylation sites (tertiary alicyclic amines) is 1. The zero-order chi connectivity index (χ0) is 12.8. The first-order valence-electron chi connectivity index (χ1n) is 7.00. The number of nitrogens with zero attached hydrogens (tertiary/aromatic N) is 1. The molecule has 0 bridgehead atoms. The smallest absolute Gasteiger partial charge is 0.317 e. The summed E-state index contributed by atoms with van der Waals surface area (Å²) in [7, 11) is 1.75. The van der Waals surface area contributed by atoms with Crippen LogP contribution in [0.2, 0.25) is 0 Å². The van der Waals surface area contributed by atoms with E-state index in [-0.39, 0.29) is 6.03 Å². The Kier molecular flexibility index (Phi) is 5.05. The van der Waals surface area contributed by atoms with E-state index in [0.717, 1.165) is 45.3 Å². The molecule has 102 valence electrons. The van der Waals surface area contributed by atoms with E-state index in [2.05, 4.69) is 17.5 Å². The van der Waals surface area contributed by atoms with Gasteiger partial charge in [0.2, 0.25) is 0 Å². The molecule has 4 nitrogen and oxygen atoms in total. The average molecular weight is 252 g/mol. The van der Waals surface area contributed by atoms with Gasteiger partial charge in [0.15, 0.2) is 0 Å². The standard InChI is InChI=1S/C14H24N2O2/c1-18-13-7-9-16(10-8-13)14(17)15-11-12-5-3-2-4-6-12/h2-3,12-13H,4-11H2,1H3,(H,15,17). The number of allylic oxidation sites excluding steroid dienone is 2. The molecule has 2 aliphatic rings. The largest absolute Gasteiger partial charge is 0.381 e. The van der Waals surface area contributed by atoms with Gasteiger partial charge in [-0.25, -0.2) is 4.79 Å². The summed E-state index contributed by atoms with van der Waals surface area (Å²) in [5, 5.41) is 3.07. The van der Waals surface area contributed by atoms with E-state index in [1.807, 2.05) is 4.90 Å². The first kappa shape index (κ1) is 13.4. The van der Waals surface area contributed by atoms with Crippen LogP contribution in [0, 0.1) is 5.92 Å². The topological polar surface area (TPSA) is 41.6 Å². The second-order valence-electron chi connectivity index (χ2n) is 5.26. The Hall–Kier alpha value is -1.03. The van der Waals surface area contributed by atoms with Crippen molar-refractivity contribution in [3.05, 3.63) is 12.2 Å². The van der Waals surface area contributed by atoms with E-state index < -0.39 is 0 Å². The fourth-order valence-corrected chi connectivity index (χ4v) is 2.68. The van der Waals surface area contributed by atoms with E-state index >= 15 is 0 Å². The van der Waals surface area contributed by atoms with Gasteiger partial charge in [-0.05, 0) is 38.0 Å². The number of carbonyl (C=O) groups is 1. The summed E-state index contributed by atoms with van der Waals surface area (Å²) in [6.07, 6.45) is 10.1. The minimum absolute atomic E-state index is 0.0964. The number of carbonyl (C=O) groups excluding carboxylic acids is 1. The Morgan fingerprint density at radius 2 is 2.11 bits per heavy atom. The number of rotatable bonds is 3. The van der Waals surface area contributed by atoms with Crippen LogP contribution < -0.4 is 5.32 Å². The van der Waals surface area contributed by atoms with Crippen LogP contribution in [0.5, 0.6) is 0 Å². The number of hydrogen-bond acceptors (Lipinski definition) is 2. The lowest BCUT2D eigenvalue weighted by Crippen LogP contribution is -2.46. The average Bonchev–Trinajstić information content (AvgIpc) is 2.46. The van der Waals surface area contributed by atoms with E-state index in [1.54, 1.807) is 7.11 Å². The van der Waals surface area contributed by atoms with E-state index in [1.165, 1.54) is 6.42 Å². The molecular weight excluding hydrogens is 228 g/mol. The third kappa shape index (κ3) is 3.73. The van der Waals surface area contributed by atoms with Gasteiger partial charge in [0.25, 0.3) is 0 Å². The van der Waals surface area contributed by atoms with Crippen LogP contribution in [0.3, 0.4) is 0 Å². The van der Waals surface area contributed by atoms with Gasteiger partial charge in [0, 0.05) is 26.7 Å². The number of nitrogens with one attached hydrogen (secondary N) is 1. The highest BCUT2D eigenvalue weighted by Crippen LogP contribution is 2.17.